The molecule has 48 valence electrons. The quantitative estimate of drug-likeness (QED) is 0.459. The molecular formula is C7H6ClI. The number of rotatable bonds is 0. The Morgan fingerprint density at radius 3 is 2.44 bits per heavy atom. The van der Waals surface area contributed by atoms with Gasteiger partial charge in [0.05, 0.1) is 0 Å². The van der Waals surface area contributed by atoms with Crippen molar-refractivity contribution in [1.29, 1.82) is 0 Å². The van der Waals surface area contributed by atoms with Crippen molar-refractivity contribution in [2.75, 3.05) is 0 Å². The molecule has 9 heavy (non-hydrogen) atoms. The molecule has 0 nitrogen and oxygen atoms in total. The van der Waals surface area contributed by atoms with Crippen LogP contribution in [0.25, 0.3) is 0 Å². The van der Waals surface area contributed by atoms with Crippen LogP contribution in [0.4, 0.5) is 0 Å². The first-order valence-electron chi connectivity index (χ1n) is 3.02. The topological polar surface area (TPSA) is 0 Å². The number of fused-ring (bicyclic) bond motifs is 2. The van der Waals surface area contributed by atoms with Crippen molar-refractivity contribution in [3.63, 3.8) is 0 Å². The summed E-state index contributed by atoms with van der Waals surface area (Å²) in [6, 6.07) is 0. The van der Waals surface area contributed by atoms with Crippen molar-refractivity contribution in [3.8, 4) is 0 Å². The summed E-state index contributed by atoms with van der Waals surface area (Å²) in [5, 5.41) is 1.09. The monoisotopic (exact) mass is 252 g/mol. The Labute approximate surface area is 73.1 Å². The molecule has 0 aromatic carbocycles. The van der Waals surface area contributed by atoms with Crippen molar-refractivity contribution in [1.82, 2.24) is 0 Å². The number of hydrogen-bond donors (Lipinski definition) is 0. The molecule has 2 rings (SSSR count). The molecule has 2 aliphatic carbocycles. The van der Waals surface area contributed by atoms with E-state index in [0.717, 1.165) is 5.03 Å². The lowest BCUT2D eigenvalue weighted by atomic mass is 10.2. The van der Waals surface area contributed by atoms with Gasteiger partial charge in [0, 0.05) is 20.4 Å². The van der Waals surface area contributed by atoms with Gasteiger partial charge in [0.2, 0.25) is 0 Å². The van der Waals surface area contributed by atoms with Gasteiger partial charge in [-0.3, -0.25) is 0 Å². The van der Waals surface area contributed by atoms with Gasteiger partial charge >= 0.3 is 0 Å². The van der Waals surface area contributed by atoms with E-state index in [1.54, 1.807) is 0 Å². The molecule has 0 fully saturated rings. The van der Waals surface area contributed by atoms with Gasteiger partial charge in [0.25, 0.3) is 0 Å². The molecule has 0 saturated heterocycles. The molecule has 0 aromatic heterocycles. The minimum absolute atomic E-state index is 0.573. The zero-order chi connectivity index (χ0) is 6.43. The second kappa shape index (κ2) is 1.99. The Morgan fingerprint density at radius 1 is 1.44 bits per heavy atom. The third-order valence-electron chi connectivity index (χ3n) is 1.96. The molecule has 2 atom stereocenters. The zero-order valence-corrected chi connectivity index (χ0v) is 7.69. The van der Waals surface area contributed by atoms with Crippen LogP contribution >= 0.6 is 34.2 Å². The maximum atomic E-state index is 5.98. The molecule has 0 amide bonds. The summed E-state index contributed by atoms with van der Waals surface area (Å²) in [7, 11) is 0. The predicted octanol–water partition coefficient (Wildman–Crippen LogP) is 3.08. The minimum atomic E-state index is 0.573. The van der Waals surface area contributed by atoms with Gasteiger partial charge < -0.3 is 0 Å². The average Bonchev–Trinajstić information content (AvgIpc) is 2.37. The second-order valence-electron chi connectivity index (χ2n) is 2.53. The van der Waals surface area contributed by atoms with E-state index >= 15 is 0 Å². The van der Waals surface area contributed by atoms with Crippen molar-refractivity contribution < 1.29 is 0 Å². The Bertz CT molecular complexity index is 185. The van der Waals surface area contributed by atoms with Crippen molar-refractivity contribution in [2.45, 2.75) is 6.42 Å². The van der Waals surface area contributed by atoms with E-state index in [4.69, 9.17) is 11.6 Å². The van der Waals surface area contributed by atoms with Crippen molar-refractivity contribution >= 4 is 34.2 Å². The summed E-state index contributed by atoms with van der Waals surface area (Å²) in [5.41, 5.74) is 0. The standard InChI is InChI=1S/C7H6ClI/c8-6-4-1-2-5(3-4)7(6)9/h1-2,4-5H,3H2. The molecule has 2 aliphatic rings. The molecule has 0 spiro atoms. The first kappa shape index (κ1) is 6.23. The van der Waals surface area contributed by atoms with Crippen molar-refractivity contribution in [3.05, 3.63) is 20.8 Å². The van der Waals surface area contributed by atoms with E-state index < -0.39 is 0 Å². The molecule has 0 heterocycles. The highest BCUT2D eigenvalue weighted by atomic mass is 127. The summed E-state index contributed by atoms with van der Waals surface area (Å²) < 4.78 is 1.36. The number of halogens is 2. The van der Waals surface area contributed by atoms with E-state index in [0.29, 0.717) is 11.8 Å². The largest absolute Gasteiger partial charge is 0.0877 e. The summed E-state index contributed by atoms with van der Waals surface area (Å²) in [6.07, 6.45) is 5.71. The van der Waals surface area contributed by atoms with Crippen LogP contribution in [-0.4, -0.2) is 0 Å². The third kappa shape index (κ3) is 0.777. The van der Waals surface area contributed by atoms with Crippen LogP contribution in [0.3, 0.4) is 0 Å². The fraction of sp³-hybridized carbons (Fsp3) is 0.429. The van der Waals surface area contributed by atoms with Gasteiger partial charge in [-0.05, 0) is 29.0 Å². The van der Waals surface area contributed by atoms with E-state index in [1.807, 2.05) is 0 Å². The predicted molar refractivity (Wildman–Crippen MR) is 47.6 cm³/mol. The van der Waals surface area contributed by atoms with Gasteiger partial charge in [-0.1, -0.05) is 23.8 Å². The molecule has 0 aromatic rings. The highest BCUT2D eigenvalue weighted by Crippen LogP contribution is 2.48. The Hall–Kier alpha value is 0.500. The Balaban J connectivity index is 2.41. The zero-order valence-electron chi connectivity index (χ0n) is 4.77. The lowest BCUT2D eigenvalue weighted by Crippen LogP contribution is -1.85. The average molecular weight is 252 g/mol. The smallest absolute Gasteiger partial charge is 0.0348 e. The van der Waals surface area contributed by atoms with Crippen LogP contribution in [0.5, 0.6) is 0 Å². The maximum Gasteiger partial charge on any atom is 0.0348 e. The highest BCUT2D eigenvalue weighted by Gasteiger charge is 2.32. The third-order valence-corrected chi connectivity index (χ3v) is 4.15. The van der Waals surface area contributed by atoms with Crippen LogP contribution in [0, 0.1) is 11.8 Å². The number of hydrogen-bond acceptors (Lipinski definition) is 0. The summed E-state index contributed by atoms with van der Waals surface area (Å²) >= 11 is 8.33. The lowest BCUT2D eigenvalue weighted by molar-refractivity contribution is 0.725. The molecule has 2 unspecified atom stereocenters. The molecule has 0 radical (unpaired) electrons. The number of allylic oxidation sites excluding steroid dienone is 4. The summed E-state index contributed by atoms with van der Waals surface area (Å²) in [6.45, 7) is 0. The van der Waals surface area contributed by atoms with Gasteiger partial charge in [0.1, 0.15) is 0 Å². The molecule has 2 bridgehead atoms. The van der Waals surface area contributed by atoms with Crippen LogP contribution < -0.4 is 0 Å². The fourth-order valence-corrected chi connectivity index (χ4v) is 2.59. The van der Waals surface area contributed by atoms with Crippen LogP contribution in [0.15, 0.2) is 20.8 Å². The van der Waals surface area contributed by atoms with Gasteiger partial charge in [-0.2, -0.15) is 0 Å². The SMILES string of the molecule is ClC1=C(I)C2C=CC1C2. The van der Waals surface area contributed by atoms with Crippen LogP contribution in [0.2, 0.25) is 0 Å². The Kier molecular flexibility index (Phi) is 1.38. The van der Waals surface area contributed by atoms with Gasteiger partial charge in [-0.25, -0.2) is 0 Å². The first-order valence-corrected chi connectivity index (χ1v) is 4.48. The van der Waals surface area contributed by atoms with E-state index in [2.05, 4.69) is 34.7 Å². The Morgan fingerprint density at radius 2 is 2.11 bits per heavy atom. The van der Waals surface area contributed by atoms with E-state index in [1.165, 1.54) is 10.0 Å². The lowest BCUT2D eigenvalue weighted by Gasteiger charge is -2.02. The second-order valence-corrected chi connectivity index (χ2v) is 4.10. The molecule has 0 N–H and O–H groups in total. The molecule has 0 aliphatic heterocycles. The molecule has 0 saturated carbocycles. The maximum absolute atomic E-state index is 5.98. The van der Waals surface area contributed by atoms with E-state index in [9.17, 15) is 0 Å². The highest BCUT2D eigenvalue weighted by molar-refractivity contribution is 14.1. The van der Waals surface area contributed by atoms with Crippen LogP contribution in [0.1, 0.15) is 6.42 Å². The minimum Gasteiger partial charge on any atom is -0.0877 e. The summed E-state index contributed by atoms with van der Waals surface area (Å²) in [5.74, 6) is 1.24. The normalized spacial score (nSPS) is 38.9. The van der Waals surface area contributed by atoms with Crippen molar-refractivity contribution in [2.24, 2.45) is 11.8 Å². The van der Waals surface area contributed by atoms with Gasteiger partial charge in [-0.15, -0.1) is 0 Å². The first-order chi connectivity index (χ1) is 4.29. The molecular weight excluding hydrogens is 246 g/mol. The van der Waals surface area contributed by atoms with Crippen LogP contribution in [-0.2, 0) is 0 Å². The van der Waals surface area contributed by atoms with E-state index in [-0.39, 0.29) is 0 Å². The summed E-state index contributed by atoms with van der Waals surface area (Å²) in [4.78, 5) is 0. The fourth-order valence-electron chi connectivity index (χ4n) is 1.43. The molecule has 2 heteroatoms. The van der Waals surface area contributed by atoms with Gasteiger partial charge in [0.15, 0.2) is 0 Å².